The molecule has 4 nitrogen and oxygen atoms in total. The lowest BCUT2D eigenvalue weighted by Crippen LogP contribution is -2.41. The van der Waals surface area contributed by atoms with Gasteiger partial charge in [-0.1, -0.05) is 31.0 Å². The third kappa shape index (κ3) is 4.45. The molecule has 1 heterocycles. The number of aliphatic hydroxyl groups excluding tert-OH is 1. The normalized spacial score (nSPS) is 23.7. The summed E-state index contributed by atoms with van der Waals surface area (Å²) in [5.74, 6) is 0.967. The zero-order chi connectivity index (χ0) is 16.8. The van der Waals surface area contributed by atoms with Crippen LogP contribution in [0.15, 0.2) is 40.2 Å². The van der Waals surface area contributed by atoms with Crippen LogP contribution in [0.4, 0.5) is 0 Å². The van der Waals surface area contributed by atoms with Gasteiger partial charge in [0.2, 0.25) is 0 Å². The lowest BCUT2D eigenvalue weighted by Gasteiger charge is -2.28. The summed E-state index contributed by atoms with van der Waals surface area (Å²) >= 11 is 2.00. The second kappa shape index (κ2) is 8.26. The minimum absolute atomic E-state index is 0.215. The van der Waals surface area contributed by atoms with E-state index in [9.17, 15) is 5.11 Å². The molecule has 1 aromatic rings. The van der Waals surface area contributed by atoms with Crippen molar-refractivity contribution in [3.8, 4) is 0 Å². The predicted molar refractivity (Wildman–Crippen MR) is 102 cm³/mol. The number of β-amino-alcohol motifs (C(OH)–C–C–N with tert-alkyl or cyclic N) is 1. The molecule has 1 saturated heterocycles. The third-order valence-electron chi connectivity index (χ3n) is 4.91. The van der Waals surface area contributed by atoms with E-state index < -0.39 is 0 Å². The first-order chi connectivity index (χ1) is 11.7. The second-order valence-corrected chi connectivity index (χ2v) is 8.41. The van der Waals surface area contributed by atoms with Gasteiger partial charge in [0.05, 0.1) is 12.6 Å². The number of aliphatic imine (C=N–C) groups is 1. The Kier molecular flexibility index (Phi) is 6.06. The van der Waals surface area contributed by atoms with Crippen LogP contribution in [0.25, 0.3) is 0 Å². The summed E-state index contributed by atoms with van der Waals surface area (Å²) in [6, 6.07) is 10.7. The smallest absolute Gasteiger partial charge is 0.194 e. The Morgan fingerprint density at radius 2 is 2.08 bits per heavy atom. The van der Waals surface area contributed by atoms with Gasteiger partial charge in [0.25, 0.3) is 0 Å². The van der Waals surface area contributed by atoms with Gasteiger partial charge in [-0.25, -0.2) is 0 Å². The molecule has 5 heteroatoms. The Balaban J connectivity index is 1.71. The van der Waals surface area contributed by atoms with Crippen LogP contribution < -0.4 is 5.32 Å². The number of aliphatic hydroxyl groups is 1. The van der Waals surface area contributed by atoms with E-state index in [4.69, 9.17) is 4.99 Å². The van der Waals surface area contributed by atoms with Gasteiger partial charge in [-0.15, -0.1) is 11.8 Å². The van der Waals surface area contributed by atoms with Gasteiger partial charge in [0, 0.05) is 29.3 Å². The minimum atomic E-state index is -0.215. The molecule has 1 aromatic carbocycles. The third-order valence-corrected chi connectivity index (χ3v) is 6.39. The molecule has 2 fully saturated rings. The molecule has 0 spiro atoms. The van der Waals surface area contributed by atoms with Crippen LogP contribution in [0, 0.1) is 0 Å². The van der Waals surface area contributed by atoms with Crippen molar-refractivity contribution >= 4 is 17.7 Å². The molecule has 1 atom stereocenters. The van der Waals surface area contributed by atoms with Crippen molar-refractivity contribution in [1.82, 2.24) is 10.2 Å². The second-order valence-electron chi connectivity index (χ2n) is 6.86. The van der Waals surface area contributed by atoms with Crippen molar-refractivity contribution in [1.29, 1.82) is 0 Å². The Labute approximate surface area is 149 Å². The molecule has 0 aromatic heterocycles. The molecule has 0 radical (unpaired) electrons. The number of likely N-dealkylation sites (tertiary alicyclic amines) is 1. The van der Waals surface area contributed by atoms with Gasteiger partial charge in [-0.3, -0.25) is 4.99 Å². The number of thioether (sulfide) groups is 1. The molecule has 132 valence electrons. The zero-order valence-corrected chi connectivity index (χ0v) is 15.4. The Bertz CT molecular complexity index is 543. The molecular weight excluding hydrogens is 318 g/mol. The SMILES string of the molecule is CCNC(=NCC1(Sc2ccccc2)CCCC1)N1CC[C@@H](O)C1. The average molecular weight is 348 g/mol. The van der Waals surface area contributed by atoms with Crippen molar-refractivity contribution in [3.05, 3.63) is 30.3 Å². The predicted octanol–water partition coefficient (Wildman–Crippen LogP) is 3.12. The maximum atomic E-state index is 9.81. The van der Waals surface area contributed by atoms with Crippen molar-refractivity contribution < 1.29 is 5.11 Å². The van der Waals surface area contributed by atoms with Crippen LogP contribution in [0.5, 0.6) is 0 Å². The van der Waals surface area contributed by atoms with E-state index in [-0.39, 0.29) is 10.9 Å². The summed E-state index contributed by atoms with van der Waals surface area (Å²) in [6.07, 6.45) is 5.70. The maximum absolute atomic E-state index is 9.81. The van der Waals surface area contributed by atoms with E-state index in [0.29, 0.717) is 6.54 Å². The molecule has 1 aliphatic heterocycles. The molecule has 0 bridgehead atoms. The Morgan fingerprint density at radius 3 is 2.71 bits per heavy atom. The van der Waals surface area contributed by atoms with E-state index >= 15 is 0 Å². The van der Waals surface area contributed by atoms with Gasteiger partial charge in [0.15, 0.2) is 5.96 Å². The highest BCUT2D eigenvalue weighted by molar-refractivity contribution is 8.00. The lowest BCUT2D eigenvalue weighted by atomic mass is 10.1. The van der Waals surface area contributed by atoms with Gasteiger partial charge in [-0.05, 0) is 38.3 Å². The number of hydrogen-bond acceptors (Lipinski definition) is 3. The van der Waals surface area contributed by atoms with E-state index in [2.05, 4.69) is 47.5 Å². The van der Waals surface area contributed by atoms with Crippen molar-refractivity contribution in [2.75, 3.05) is 26.2 Å². The standard InChI is InChI=1S/C19H29N3OS/c1-2-20-18(22-13-10-16(23)14-22)21-15-19(11-6-7-12-19)24-17-8-4-3-5-9-17/h3-5,8-9,16,23H,2,6-7,10-15H2,1H3,(H,20,21)/t16-/m1/s1. The topological polar surface area (TPSA) is 47.9 Å². The summed E-state index contributed by atoms with van der Waals surface area (Å²) in [7, 11) is 0. The zero-order valence-electron chi connectivity index (χ0n) is 14.6. The van der Waals surface area contributed by atoms with E-state index in [1.165, 1.54) is 30.6 Å². The molecule has 1 aliphatic carbocycles. The van der Waals surface area contributed by atoms with Crippen LogP contribution in [-0.2, 0) is 0 Å². The number of guanidine groups is 1. The van der Waals surface area contributed by atoms with Gasteiger partial charge >= 0.3 is 0 Å². The maximum Gasteiger partial charge on any atom is 0.194 e. The van der Waals surface area contributed by atoms with Crippen LogP contribution in [-0.4, -0.2) is 53.0 Å². The summed E-state index contributed by atoms with van der Waals surface area (Å²) in [6.45, 7) is 5.41. The van der Waals surface area contributed by atoms with Crippen molar-refractivity contribution in [2.45, 2.75) is 54.8 Å². The lowest BCUT2D eigenvalue weighted by molar-refractivity contribution is 0.188. The largest absolute Gasteiger partial charge is 0.391 e. The fourth-order valence-electron chi connectivity index (χ4n) is 3.63. The fraction of sp³-hybridized carbons (Fsp3) is 0.632. The van der Waals surface area contributed by atoms with Gasteiger partial charge in [0.1, 0.15) is 0 Å². The van der Waals surface area contributed by atoms with Gasteiger partial charge in [-0.2, -0.15) is 0 Å². The highest BCUT2D eigenvalue weighted by atomic mass is 32.2. The highest BCUT2D eigenvalue weighted by Gasteiger charge is 2.35. The Morgan fingerprint density at radius 1 is 1.33 bits per heavy atom. The quantitative estimate of drug-likeness (QED) is 0.635. The molecule has 2 N–H and O–H groups in total. The van der Waals surface area contributed by atoms with Crippen LogP contribution in [0.1, 0.15) is 39.0 Å². The van der Waals surface area contributed by atoms with E-state index in [1.807, 2.05) is 11.8 Å². The minimum Gasteiger partial charge on any atom is -0.391 e. The summed E-state index contributed by atoms with van der Waals surface area (Å²) < 4.78 is 0.223. The van der Waals surface area contributed by atoms with E-state index in [1.54, 1.807) is 0 Å². The van der Waals surface area contributed by atoms with Crippen LogP contribution in [0.3, 0.4) is 0 Å². The first-order valence-electron chi connectivity index (χ1n) is 9.16. The van der Waals surface area contributed by atoms with E-state index in [0.717, 1.165) is 32.0 Å². The summed E-state index contributed by atoms with van der Waals surface area (Å²) in [5.41, 5.74) is 0. The molecule has 1 saturated carbocycles. The van der Waals surface area contributed by atoms with Gasteiger partial charge < -0.3 is 15.3 Å². The monoisotopic (exact) mass is 347 g/mol. The summed E-state index contributed by atoms with van der Waals surface area (Å²) in [5, 5.41) is 13.2. The van der Waals surface area contributed by atoms with Crippen molar-refractivity contribution in [2.24, 2.45) is 4.99 Å². The first kappa shape index (κ1) is 17.6. The highest BCUT2D eigenvalue weighted by Crippen LogP contribution is 2.45. The fourth-order valence-corrected chi connectivity index (χ4v) is 5.04. The van der Waals surface area contributed by atoms with Crippen LogP contribution in [0.2, 0.25) is 0 Å². The van der Waals surface area contributed by atoms with Crippen molar-refractivity contribution in [3.63, 3.8) is 0 Å². The molecule has 3 rings (SSSR count). The molecule has 0 amide bonds. The molecule has 2 aliphatic rings. The Hall–Kier alpha value is -1.20. The number of hydrogen-bond donors (Lipinski definition) is 2. The first-order valence-corrected chi connectivity index (χ1v) is 9.98. The average Bonchev–Trinajstić information content (AvgIpc) is 3.22. The summed E-state index contributed by atoms with van der Waals surface area (Å²) in [4.78, 5) is 8.52. The molecule has 24 heavy (non-hydrogen) atoms. The molecular formula is C19H29N3OS. The van der Waals surface area contributed by atoms with Crippen LogP contribution >= 0.6 is 11.8 Å². The number of benzene rings is 1. The molecule has 0 unspecified atom stereocenters. The number of nitrogens with zero attached hydrogens (tertiary/aromatic N) is 2. The number of nitrogens with one attached hydrogen (secondary N) is 1. The number of rotatable bonds is 5.